The first-order valence-corrected chi connectivity index (χ1v) is 9.70. The van der Waals surface area contributed by atoms with Crippen molar-refractivity contribution in [3.63, 3.8) is 0 Å². The van der Waals surface area contributed by atoms with E-state index in [0.717, 1.165) is 11.3 Å². The highest BCUT2D eigenvalue weighted by Crippen LogP contribution is 2.42. The second kappa shape index (κ2) is 8.29. The number of nitrogens with one attached hydrogen (secondary N) is 1. The van der Waals surface area contributed by atoms with Gasteiger partial charge in [0.25, 0.3) is 0 Å². The molecule has 1 aliphatic heterocycles. The van der Waals surface area contributed by atoms with E-state index < -0.39 is 0 Å². The van der Waals surface area contributed by atoms with E-state index in [0.29, 0.717) is 33.8 Å². The summed E-state index contributed by atoms with van der Waals surface area (Å²) in [6.07, 6.45) is 0. The van der Waals surface area contributed by atoms with Gasteiger partial charge in [-0.15, -0.1) is 11.8 Å². The average molecular weight is 413 g/mol. The molecule has 1 atom stereocenters. The van der Waals surface area contributed by atoms with Crippen LogP contribution in [0.4, 0.5) is 10.5 Å². The zero-order chi connectivity index (χ0) is 18.7. The van der Waals surface area contributed by atoms with Crippen LogP contribution in [0.1, 0.15) is 10.9 Å². The Morgan fingerprint density at radius 2 is 2.00 bits per heavy atom. The lowest BCUT2D eigenvalue weighted by Gasteiger charge is -2.25. The van der Waals surface area contributed by atoms with Crippen LogP contribution in [-0.2, 0) is 0 Å². The second-order valence-electron chi connectivity index (χ2n) is 5.58. The zero-order valence-corrected chi connectivity index (χ0v) is 16.6. The molecule has 1 aliphatic rings. The van der Waals surface area contributed by atoms with Gasteiger partial charge in [0, 0.05) is 34.0 Å². The molecule has 138 valence electrons. The molecule has 0 radical (unpaired) electrons. The summed E-state index contributed by atoms with van der Waals surface area (Å²) < 4.78 is 10.5. The number of urea groups is 1. The minimum atomic E-state index is -0.213. The molecule has 1 N–H and O–H groups in total. The van der Waals surface area contributed by atoms with E-state index in [1.807, 2.05) is 6.07 Å². The van der Waals surface area contributed by atoms with Crippen molar-refractivity contribution in [3.05, 3.63) is 52.0 Å². The quantitative estimate of drug-likeness (QED) is 0.740. The van der Waals surface area contributed by atoms with Crippen LogP contribution < -0.4 is 14.8 Å². The summed E-state index contributed by atoms with van der Waals surface area (Å²) in [7, 11) is 3.13. The minimum Gasteiger partial charge on any atom is -0.497 e. The highest BCUT2D eigenvalue weighted by molar-refractivity contribution is 7.99. The third-order valence-electron chi connectivity index (χ3n) is 4.03. The SMILES string of the molecule is COc1ccc(NC(=O)N2CCSC2c2ccc(Cl)cc2Cl)c(OC)c1. The van der Waals surface area contributed by atoms with E-state index in [1.54, 1.807) is 61.2 Å². The number of methoxy groups -OCH3 is 2. The molecule has 0 aliphatic carbocycles. The lowest BCUT2D eigenvalue weighted by molar-refractivity contribution is 0.214. The Morgan fingerprint density at radius 1 is 1.19 bits per heavy atom. The normalized spacial score (nSPS) is 16.5. The monoisotopic (exact) mass is 412 g/mol. The van der Waals surface area contributed by atoms with Crippen LogP contribution in [0.2, 0.25) is 10.0 Å². The van der Waals surface area contributed by atoms with Gasteiger partial charge in [0.1, 0.15) is 16.9 Å². The van der Waals surface area contributed by atoms with Gasteiger partial charge >= 0.3 is 6.03 Å². The Bertz CT molecular complexity index is 819. The summed E-state index contributed by atoms with van der Waals surface area (Å²) in [6, 6.07) is 10.4. The molecule has 0 bridgehead atoms. The number of ether oxygens (including phenoxy) is 2. The molecule has 2 aromatic rings. The van der Waals surface area contributed by atoms with Crippen molar-refractivity contribution in [1.29, 1.82) is 0 Å². The second-order valence-corrected chi connectivity index (χ2v) is 7.61. The van der Waals surface area contributed by atoms with Crippen molar-refractivity contribution in [2.24, 2.45) is 0 Å². The fraction of sp³-hybridized carbons (Fsp3) is 0.278. The summed E-state index contributed by atoms with van der Waals surface area (Å²) >= 11 is 14.0. The third kappa shape index (κ3) is 3.98. The van der Waals surface area contributed by atoms with Gasteiger partial charge in [-0.05, 0) is 24.3 Å². The average Bonchev–Trinajstić information content (AvgIpc) is 3.11. The van der Waals surface area contributed by atoms with E-state index in [9.17, 15) is 4.79 Å². The topological polar surface area (TPSA) is 50.8 Å². The Morgan fingerprint density at radius 3 is 2.69 bits per heavy atom. The first-order chi connectivity index (χ1) is 12.5. The fourth-order valence-electron chi connectivity index (χ4n) is 2.73. The molecular weight excluding hydrogens is 395 g/mol. The fourth-order valence-corrected chi connectivity index (χ4v) is 4.59. The van der Waals surface area contributed by atoms with E-state index in [1.165, 1.54) is 0 Å². The number of nitrogens with zero attached hydrogens (tertiary/aromatic N) is 1. The number of anilines is 1. The van der Waals surface area contributed by atoms with Crippen LogP contribution in [0, 0.1) is 0 Å². The molecule has 0 spiro atoms. The molecule has 0 saturated carbocycles. The lowest BCUT2D eigenvalue weighted by Crippen LogP contribution is -2.34. The molecule has 2 amide bonds. The van der Waals surface area contributed by atoms with Crippen LogP contribution in [0.15, 0.2) is 36.4 Å². The number of carbonyl (C=O) groups is 1. The van der Waals surface area contributed by atoms with Crippen molar-refractivity contribution in [2.75, 3.05) is 31.8 Å². The summed E-state index contributed by atoms with van der Waals surface area (Å²) in [6.45, 7) is 0.624. The van der Waals surface area contributed by atoms with Crippen molar-refractivity contribution < 1.29 is 14.3 Å². The van der Waals surface area contributed by atoms with Crippen LogP contribution in [0.3, 0.4) is 0 Å². The molecule has 2 aromatic carbocycles. The van der Waals surface area contributed by atoms with Crippen molar-refractivity contribution in [2.45, 2.75) is 5.37 Å². The zero-order valence-electron chi connectivity index (χ0n) is 14.3. The van der Waals surface area contributed by atoms with Crippen molar-refractivity contribution in [3.8, 4) is 11.5 Å². The van der Waals surface area contributed by atoms with Crippen LogP contribution in [-0.4, -0.2) is 37.4 Å². The van der Waals surface area contributed by atoms with Gasteiger partial charge in [-0.2, -0.15) is 0 Å². The number of benzene rings is 2. The Hall–Kier alpha value is -1.76. The molecule has 1 unspecified atom stereocenters. The van der Waals surface area contributed by atoms with Gasteiger partial charge < -0.3 is 19.7 Å². The molecule has 3 rings (SSSR count). The summed E-state index contributed by atoms with van der Waals surface area (Å²) in [5, 5.41) is 3.87. The van der Waals surface area contributed by atoms with Gasteiger partial charge in [0.05, 0.1) is 19.9 Å². The molecule has 1 fully saturated rings. The number of carbonyl (C=O) groups excluding carboxylic acids is 1. The molecule has 0 aromatic heterocycles. The van der Waals surface area contributed by atoms with E-state index in [2.05, 4.69) is 5.32 Å². The summed E-state index contributed by atoms with van der Waals surface area (Å²) in [5.74, 6) is 2.02. The van der Waals surface area contributed by atoms with Crippen molar-refractivity contribution in [1.82, 2.24) is 4.90 Å². The number of hydrogen-bond donors (Lipinski definition) is 1. The first kappa shape index (κ1) is 19.0. The highest BCUT2D eigenvalue weighted by Gasteiger charge is 2.32. The number of halogens is 2. The predicted octanol–water partition coefficient (Wildman–Crippen LogP) is 5.29. The minimum absolute atomic E-state index is 0.163. The predicted molar refractivity (Wildman–Crippen MR) is 107 cm³/mol. The van der Waals surface area contributed by atoms with Crippen LogP contribution in [0.5, 0.6) is 11.5 Å². The molecule has 5 nitrogen and oxygen atoms in total. The van der Waals surface area contributed by atoms with E-state index in [-0.39, 0.29) is 11.4 Å². The maximum atomic E-state index is 12.8. The Labute approximate surface area is 166 Å². The van der Waals surface area contributed by atoms with Crippen LogP contribution >= 0.6 is 35.0 Å². The maximum absolute atomic E-state index is 12.8. The molecule has 1 heterocycles. The van der Waals surface area contributed by atoms with Gasteiger partial charge in [-0.3, -0.25) is 0 Å². The lowest BCUT2D eigenvalue weighted by atomic mass is 10.2. The summed E-state index contributed by atoms with van der Waals surface area (Å²) in [5.41, 5.74) is 1.45. The van der Waals surface area contributed by atoms with Gasteiger partial charge in [-0.1, -0.05) is 29.3 Å². The Balaban J connectivity index is 1.81. The molecule has 8 heteroatoms. The standard InChI is InChI=1S/C18H18Cl2N2O3S/c1-24-12-4-6-15(16(10-12)25-2)21-18(23)22-7-8-26-17(22)13-5-3-11(19)9-14(13)20/h3-6,9-10,17H,7-8H2,1-2H3,(H,21,23). The number of rotatable bonds is 4. The molecular formula is C18H18Cl2N2O3S. The number of amides is 2. The maximum Gasteiger partial charge on any atom is 0.323 e. The molecule has 1 saturated heterocycles. The smallest absolute Gasteiger partial charge is 0.323 e. The van der Waals surface area contributed by atoms with Gasteiger partial charge in [0.15, 0.2) is 0 Å². The number of hydrogen-bond acceptors (Lipinski definition) is 4. The van der Waals surface area contributed by atoms with Crippen molar-refractivity contribution >= 4 is 46.7 Å². The van der Waals surface area contributed by atoms with Gasteiger partial charge in [0.2, 0.25) is 0 Å². The van der Waals surface area contributed by atoms with E-state index in [4.69, 9.17) is 32.7 Å². The van der Waals surface area contributed by atoms with E-state index >= 15 is 0 Å². The highest BCUT2D eigenvalue weighted by atomic mass is 35.5. The number of thioether (sulfide) groups is 1. The first-order valence-electron chi connectivity index (χ1n) is 7.89. The molecule has 26 heavy (non-hydrogen) atoms. The van der Waals surface area contributed by atoms with Crippen LogP contribution in [0.25, 0.3) is 0 Å². The summed E-state index contributed by atoms with van der Waals surface area (Å²) in [4.78, 5) is 14.6. The third-order valence-corrected chi connectivity index (χ3v) is 5.84. The van der Waals surface area contributed by atoms with Gasteiger partial charge in [-0.25, -0.2) is 4.79 Å². The Kier molecular flexibility index (Phi) is 6.06. The largest absolute Gasteiger partial charge is 0.497 e.